The number of halogens is 2. The fraction of sp³-hybridized carbons (Fsp3) is 0.526. The first-order chi connectivity index (χ1) is 15.2. The van der Waals surface area contributed by atoms with Gasteiger partial charge >= 0.3 is 0 Å². The Balaban J connectivity index is 1.60. The van der Waals surface area contributed by atoms with Crippen LogP contribution in [0.5, 0.6) is 0 Å². The second-order valence-electron chi connectivity index (χ2n) is 7.90. The van der Waals surface area contributed by atoms with Crippen LogP contribution in [0.15, 0.2) is 32.3 Å². The first-order valence-electron chi connectivity index (χ1n) is 10.3. The van der Waals surface area contributed by atoms with Crippen LogP contribution in [0, 0.1) is 17.7 Å². The summed E-state index contributed by atoms with van der Waals surface area (Å²) in [5.41, 5.74) is 3.28. The number of nitrogens with one attached hydrogen (secondary N) is 2. The van der Waals surface area contributed by atoms with Gasteiger partial charge in [0.1, 0.15) is 11.5 Å². The summed E-state index contributed by atoms with van der Waals surface area (Å²) in [6, 6.07) is 4.21. The van der Waals surface area contributed by atoms with E-state index in [-0.39, 0.29) is 16.0 Å². The Bertz CT molecular complexity index is 1050. The van der Waals surface area contributed by atoms with Crippen molar-refractivity contribution in [2.45, 2.75) is 44.9 Å². The summed E-state index contributed by atoms with van der Waals surface area (Å²) in [5, 5.41) is 22.4. The fourth-order valence-corrected chi connectivity index (χ4v) is 4.81. The number of nitrogens with two attached hydrogens (primary N) is 1. The number of amidine groups is 1. The van der Waals surface area contributed by atoms with Crippen LogP contribution in [0.1, 0.15) is 49.9 Å². The zero-order valence-electron chi connectivity index (χ0n) is 17.3. The lowest BCUT2D eigenvalue weighted by Gasteiger charge is -2.29. The summed E-state index contributed by atoms with van der Waals surface area (Å²) in [7, 11) is -3.66. The van der Waals surface area contributed by atoms with Crippen molar-refractivity contribution in [1.82, 2.24) is 20.5 Å². The van der Waals surface area contributed by atoms with E-state index in [1.165, 1.54) is 18.2 Å². The minimum atomic E-state index is -3.66. The van der Waals surface area contributed by atoms with Gasteiger partial charge in [-0.15, -0.1) is 0 Å². The molecule has 176 valence electrons. The Kier molecular flexibility index (Phi) is 8.71. The third-order valence-corrected chi connectivity index (χ3v) is 6.78. The maximum atomic E-state index is 13.4. The average molecular weight is 533 g/mol. The van der Waals surface area contributed by atoms with Gasteiger partial charge in [0.25, 0.3) is 10.2 Å². The molecule has 0 saturated heterocycles. The van der Waals surface area contributed by atoms with Crippen molar-refractivity contribution in [1.29, 1.82) is 0 Å². The summed E-state index contributed by atoms with van der Waals surface area (Å²) in [5.74, 6) is 0.530. The molecule has 32 heavy (non-hydrogen) atoms. The van der Waals surface area contributed by atoms with E-state index in [0.29, 0.717) is 36.2 Å². The number of hydroxylamine groups is 1. The van der Waals surface area contributed by atoms with Crippen LogP contribution in [0.25, 0.3) is 0 Å². The summed E-state index contributed by atoms with van der Waals surface area (Å²) in [6.45, 7) is 0.342. The maximum Gasteiger partial charge on any atom is 0.274 e. The van der Waals surface area contributed by atoms with Gasteiger partial charge in [0.05, 0.1) is 10.2 Å². The van der Waals surface area contributed by atoms with Gasteiger partial charge in [0.15, 0.2) is 11.5 Å². The molecular weight excluding hydrogens is 507 g/mol. The quantitative estimate of drug-likeness (QED) is 0.219. The lowest BCUT2D eigenvalue weighted by Crippen LogP contribution is -2.32. The Hall–Kier alpha value is -1.93. The number of hydrogen-bond donors (Lipinski definition) is 4. The number of nitrogens with zero attached hydrogens (tertiary/aromatic N) is 3. The SMILES string of the molecule is NS(=O)(=O)NCCC1CCCC(CCc2nonc2C(=Nc2ccc(F)c(Br)c2)NO)C1. The van der Waals surface area contributed by atoms with E-state index in [2.05, 4.69) is 36.0 Å². The highest BCUT2D eigenvalue weighted by atomic mass is 79.9. The minimum Gasteiger partial charge on any atom is -0.290 e. The van der Waals surface area contributed by atoms with Crippen molar-refractivity contribution in [3.8, 4) is 0 Å². The van der Waals surface area contributed by atoms with E-state index in [0.717, 1.165) is 38.5 Å². The molecule has 0 aliphatic heterocycles. The molecular formula is C19H26BrFN6O4S. The van der Waals surface area contributed by atoms with E-state index in [1.54, 1.807) is 0 Å². The molecule has 0 spiro atoms. The van der Waals surface area contributed by atoms with Crippen molar-refractivity contribution in [3.63, 3.8) is 0 Å². The second-order valence-corrected chi connectivity index (χ2v) is 10.1. The molecule has 10 nitrogen and oxygen atoms in total. The third kappa shape index (κ3) is 7.30. The number of aliphatic imine (C=N–C) groups is 1. The third-order valence-electron chi connectivity index (χ3n) is 5.57. The summed E-state index contributed by atoms with van der Waals surface area (Å²) in [6.07, 6.45) is 6.41. The van der Waals surface area contributed by atoms with E-state index >= 15 is 0 Å². The molecule has 2 atom stereocenters. The van der Waals surface area contributed by atoms with Crippen molar-refractivity contribution < 1.29 is 22.6 Å². The van der Waals surface area contributed by atoms with E-state index in [9.17, 15) is 18.0 Å². The van der Waals surface area contributed by atoms with Crippen LogP contribution in [0.2, 0.25) is 0 Å². The van der Waals surface area contributed by atoms with Gasteiger partial charge in [-0.2, -0.15) is 8.42 Å². The van der Waals surface area contributed by atoms with E-state index < -0.39 is 16.0 Å². The zero-order chi connectivity index (χ0) is 23.1. The van der Waals surface area contributed by atoms with Crippen molar-refractivity contribution in [2.24, 2.45) is 22.0 Å². The second kappa shape index (κ2) is 11.3. The first-order valence-corrected chi connectivity index (χ1v) is 12.6. The molecule has 0 bridgehead atoms. The average Bonchev–Trinajstić information content (AvgIpc) is 3.21. The highest BCUT2D eigenvalue weighted by Crippen LogP contribution is 2.33. The van der Waals surface area contributed by atoms with Gasteiger partial charge in [-0.1, -0.05) is 24.4 Å². The zero-order valence-corrected chi connectivity index (χ0v) is 19.7. The lowest BCUT2D eigenvalue weighted by atomic mass is 9.78. The topological polar surface area (TPSA) is 156 Å². The van der Waals surface area contributed by atoms with Crippen molar-refractivity contribution >= 4 is 37.7 Å². The molecule has 0 amide bonds. The van der Waals surface area contributed by atoms with Gasteiger partial charge in [0, 0.05) is 6.54 Å². The largest absolute Gasteiger partial charge is 0.290 e. The number of benzene rings is 1. The Morgan fingerprint density at radius 2 is 2.06 bits per heavy atom. The van der Waals surface area contributed by atoms with Gasteiger partial charge in [-0.25, -0.2) is 23.9 Å². The molecule has 1 aromatic carbocycles. The van der Waals surface area contributed by atoms with Crippen LogP contribution in [0.3, 0.4) is 0 Å². The molecule has 1 aromatic heterocycles. The number of aromatic nitrogens is 2. The Morgan fingerprint density at radius 1 is 1.31 bits per heavy atom. The molecule has 0 radical (unpaired) electrons. The molecule has 2 unspecified atom stereocenters. The minimum absolute atomic E-state index is 0.0512. The van der Waals surface area contributed by atoms with Crippen LogP contribution < -0.4 is 15.3 Å². The predicted octanol–water partition coefficient (Wildman–Crippen LogP) is 2.95. The molecule has 2 aromatic rings. The molecule has 13 heteroatoms. The van der Waals surface area contributed by atoms with Crippen LogP contribution in [0.4, 0.5) is 10.1 Å². The van der Waals surface area contributed by atoms with Crippen molar-refractivity contribution in [2.75, 3.05) is 6.54 Å². The maximum absolute atomic E-state index is 13.4. The number of aryl methyl sites for hydroxylation is 1. The van der Waals surface area contributed by atoms with Crippen LogP contribution >= 0.6 is 15.9 Å². The summed E-state index contributed by atoms with van der Waals surface area (Å²) >= 11 is 3.11. The fourth-order valence-electron chi connectivity index (χ4n) is 4.04. The number of rotatable bonds is 9. The van der Waals surface area contributed by atoms with E-state index in [1.807, 2.05) is 5.48 Å². The molecule has 1 aliphatic rings. The van der Waals surface area contributed by atoms with Gasteiger partial charge in [-0.05, 0) is 76.8 Å². The molecule has 1 saturated carbocycles. The van der Waals surface area contributed by atoms with Gasteiger partial charge in [0.2, 0.25) is 0 Å². The Labute approximate surface area is 194 Å². The molecule has 3 rings (SSSR count). The van der Waals surface area contributed by atoms with Crippen LogP contribution in [-0.2, 0) is 16.6 Å². The smallest absolute Gasteiger partial charge is 0.274 e. The van der Waals surface area contributed by atoms with Gasteiger partial charge < -0.3 is 0 Å². The standard InChI is InChI=1S/C19H26BrFN6O4S/c20-15-11-14(5-6-16(15)21)24-19(25-28)18-17(26-31-27-18)7-4-12-2-1-3-13(10-12)8-9-23-32(22,29)30/h5-6,11-13,23,28H,1-4,7-10H2,(H,24,25)(H2,22,29,30). The summed E-state index contributed by atoms with van der Waals surface area (Å²) < 4.78 is 43.0. The van der Waals surface area contributed by atoms with Gasteiger partial charge in [-0.3, -0.25) is 10.7 Å². The Morgan fingerprint density at radius 3 is 2.75 bits per heavy atom. The highest BCUT2D eigenvalue weighted by molar-refractivity contribution is 9.10. The molecule has 5 N–H and O–H groups in total. The molecule has 1 fully saturated rings. The predicted molar refractivity (Wildman–Crippen MR) is 119 cm³/mol. The first kappa shape index (κ1) is 24.7. The molecule has 1 heterocycles. The lowest BCUT2D eigenvalue weighted by molar-refractivity contribution is 0.234. The van der Waals surface area contributed by atoms with Crippen LogP contribution in [-0.4, -0.2) is 36.3 Å². The molecule has 1 aliphatic carbocycles. The van der Waals surface area contributed by atoms with Crippen molar-refractivity contribution in [3.05, 3.63) is 39.9 Å². The number of hydrogen-bond acceptors (Lipinski definition) is 7. The summed E-state index contributed by atoms with van der Waals surface area (Å²) in [4.78, 5) is 4.27. The monoisotopic (exact) mass is 532 g/mol. The normalized spacial score (nSPS) is 19.8. The van der Waals surface area contributed by atoms with E-state index in [4.69, 9.17) is 9.77 Å². The highest BCUT2D eigenvalue weighted by Gasteiger charge is 2.24.